The molecule has 1 aromatic carbocycles. The Labute approximate surface area is 103 Å². The second-order valence-electron chi connectivity index (χ2n) is 3.38. The fourth-order valence-corrected chi connectivity index (χ4v) is 2.03. The van der Waals surface area contributed by atoms with Crippen molar-refractivity contribution >= 4 is 28.3 Å². The van der Waals surface area contributed by atoms with E-state index in [0.29, 0.717) is 0 Å². The third-order valence-electron chi connectivity index (χ3n) is 2.37. The topological polar surface area (TPSA) is 24.1 Å². The highest BCUT2D eigenvalue weighted by molar-refractivity contribution is 9.10. The number of nitrogens with one attached hydrogen (secondary N) is 2. The first kappa shape index (κ1) is 12.9. The molecule has 1 aliphatic rings. The Kier molecular flexibility index (Phi) is 4.99. The molecular formula is C10H13BrClFN2. The van der Waals surface area contributed by atoms with E-state index in [9.17, 15) is 4.39 Å². The van der Waals surface area contributed by atoms with Gasteiger partial charge in [0.25, 0.3) is 0 Å². The zero-order valence-corrected chi connectivity index (χ0v) is 10.5. The summed E-state index contributed by atoms with van der Waals surface area (Å²) in [5.41, 5.74) is 0.728. The van der Waals surface area contributed by atoms with Crippen molar-refractivity contribution in [2.45, 2.75) is 6.04 Å². The highest BCUT2D eigenvalue weighted by Gasteiger charge is 2.17. The van der Waals surface area contributed by atoms with Crippen molar-refractivity contribution in [1.82, 2.24) is 10.6 Å². The van der Waals surface area contributed by atoms with Gasteiger partial charge in [0.2, 0.25) is 0 Å². The van der Waals surface area contributed by atoms with Gasteiger partial charge in [-0.1, -0.05) is 15.9 Å². The molecule has 2 rings (SSSR count). The molecule has 84 valence electrons. The molecule has 1 aliphatic heterocycles. The molecule has 1 aromatic rings. The number of rotatable bonds is 1. The summed E-state index contributed by atoms with van der Waals surface area (Å²) in [7, 11) is 0. The van der Waals surface area contributed by atoms with Crippen molar-refractivity contribution in [1.29, 1.82) is 0 Å². The third-order valence-corrected chi connectivity index (χ3v) is 2.87. The molecule has 15 heavy (non-hydrogen) atoms. The minimum atomic E-state index is -0.144. The average Bonchev–Trinajstić information content (AvgIpc) is 2.23. The Morgan fingerprint density at radius 2 is 2.13 bits per heavy atom. The maximum atomic E-state index is 13.5. The molecule has 1 atom stereocenters. The minimum absolute atomic E-state index is 0. The lowest BCUT2D eigenvalue weighted by molar-refractivity contribution is 0.416. The van der Waals surface area contributed by atoms with Gasteiger partial charge in [-0.15, -0.1) is 12.4 Å². The minimum Gasteiger partial charge on any atom is -0.314 e. The summed E-state index contributed by atoms with van der Waals surface area (Å²) in [6.07, 6.45) is 0. The van der Waals surface area contributed by atoms with Crippen molar-refractivity contribution < 1.29 is 4.39 Å². The fourth-order valence-electron chi connectivity index (χ4n) is 1.65. The van der Waals surface area contributed by atoms with Crippen LogP contribution in [0.2, 0.25) is 0 Å². The molecule has 0 amide bonds. The van der Waals surface area contributed by atoms with E-state index in [1.807, 2.05) is 6.07 Å². The van der Waals surface area contributed by atoms with E-state index in [0.717, 1.165) is 29.7 Å². The van der Waals surface area contributed by atoms with Gasteiger partial charge in [0.15, 0.2) is 0 Å². The van der Waals surface area contributed by atoms with Crippen molar-refractivity contribution in [2.75, 3.05) is 19.6 Å². The molecule has 0 unspecified atom stereocenters. The van der Waals surface area contributed by atoms with E-state index in [2.05, 4.69) is 26.6 Å². The molecule has 0 spiro atoms. The van der Waals surface area contributed by atoms with Gasteiger partial charge < -0.3 is 10.6 Å². The van der Waals surface area contributed by atoms with Gasteiger partial charge in [-0.25, -0.2) is 4.39 Å². The van der Waals surface area contributed by atoms with Crippen molar-refractivity contribution in [3.63, 3.8) is 0 Å². The van der Waals surface area contributed by atoms with Crippen LogP contribution in [0, 0.1) is 5.82 Å². The van der Waals surface area contributed by atoms with Crippen LogP contribution in [0.5, 0.6) is 0 Å². The number of halogens is 3. The highest BCUT2D eigenvalue weighted by Crippen LogP contribution is 2.22. The van der Waals surface area contributed by atoms with Crippen LogP contribution in [0.4, 0.5) is 4.39 Å². The largest absolute Gasteiger partial charge is 0.314 e. The van der Waals surface area contributed by atoms with Crippen LogP contribution in [0.15, 0.2) is 22.7 Å². The van der Waals surface area contributed by atoms with Crippen LogP contribution in [0.3, 0.4) is 0 Å². The van der Waals surface area contributed by atoms with E-state index in [1.165, 1.54) is 6.07 Å². The molecule has 1 fully saturated rings. The standard InChI is InChI=1S/C10H12BrFN2.ClH/c11-7-1-2-9(12)8(5-7)10-6-13-3-4-14-10;/h1-2,5,10,13-14H,3-4,6H2;1H/t10-;/m1./s1. The number of benzene rings is 1. The normalized spacial score (nSPS) is 20.8. The van der Waals surface area contributed by atoms with Gasteiger partial charge in [0, 0.05) is 35.7 Å². The summed E-state index contributed by atoms with van der Waals surface area (Å²) >= 11 is 3.35. The van der Waals surface area contributed by atoms with Crippen LogP contribution < -0.4 is 10.6 Å². The maximum Gasteiger partial charge on any atom is 0.128 e. The molecule has 1 heterocycles. The second-order valence-corrected chi connectivity index (χ2v) is 4.29. The Morgan fingerprint density at radius 3 is 2.80 bits per heavy atom. The SMILES string of the molecule is Cl.Fc1ccc(Br)cc1[C@H]1CNCCN1. The van der Waals surface area contributed by atoms with E-state index in [1.54, 1.807) is 6.07 Å². The Morgan fingerprint density at radius 1 is 1.33 bits per heavy atom. The molecule has 2 nitrogen and oxygen atoms in total. The molecule has 1 saturated heterocycles. The number of hydrogen-bond acceptors (Lipinski definition) is 2. The van der Waals surface area contributed by atoms with Crippen LogP contribution >= 0.6 is 28.3 Å². The average molecular weight is 296 g/mol. The second kappa shape index (κ2) is 5.80. The van der Waals surface area contributed by atoms with Crippen LogP contribution in [-0.4, -0.2) is 19.6 Å². The molecular weight excluding hydrogens is 282 g/mol. The van der Waals surface area contributed by atoms with Crippen LogP contribution in [0.1, 0.15) is 11.6 Å². The van der Waals surface area contributed by atoms with Crippen LogP contribution in [-0.2, 0) is 0 Å². The van der Waals surface area contributed by atoms with E-state index >= 15 is 0 Å². The summed E-state index contributed by atoms with van der Waals surface area (Å²) < 4.78 is 14.4. The lowest BCUT2D eigenvalue weighted by Gasteiger charge is -2.25. The lowest BCUT2D eigenvalue weighted by Crippen LogP contribution is -2.42. The van der Waals surface area contributed by atoms with E-state index in [-0.39, 0.29) is 24.3 Å². The van der Waals surface area contributed by atoms with Crippen molar-refractivity contribution in [2.24, 2.45) is 0 Å². The van der Waals surface area contributed by atoms with Gasteiger partial charge in [-0.2, -0.15) is 0 Å². The predicted molar refractivity (Wildman–Crippen MR) is 65.0 cm³/mol. The van der Waals surface area contributed by atoms with E-state index < -0.39 is 0 Å². The molecule has 0 bridgehead atoms. The molecule has 0 aromatic heterocycles. The summed E-state index contributed by atoms with van der Waals surface area (Å²) in [6, 6.07) is 5.13. The Hall–Kier alpha value is -0.160. The Bertz CT molecular complexity index is 329. The number of hydrogen-bond donors (Lipinski definition) is 2. The molecule has 2 N–H and O–H groups in total. The summed E-state index contributed by atoms with van der Waals surface area (Å²) in [5, 5.41) is 6.52. The third kappa shape index (κ3) is 3.14. The first-order chi connectivity index (χ1) is 6.77. The first-order valence-corrected chi connectivity index (χ1v) is 5.46. The molecule has 0 aliphatic carbocycles. The lowest BCUT2D eigenvalue weighted by atomic mass is 10.1. The fraction of sp³-hybridized carbons (Fsp3) is 0.400. The molecule has 0 saturated carbocycles. The van der Waals surface area contributed by atoms with Gasteiger partial charge in [0.05, 0.1) is 0 Å². The quantitative estimate of drug-likeness (QED) is 0.830. The first-order valence-electron chi connectivity index (χ1n) is 4.66. The van der Waals surface area contributed by atoms with Crippen molar-refractivity contribution in [3.05, 3.63) is 34.1 Å². The van der Waals surface area contributed by atoms with Gasteiger partial charge in [-0.05, 0) is 18.2 Å². The van der Waals surface area contributed by atoms with Crippen LogP contribution in [0.25, 0.3) is 0 Å². The monoisotopic (exact) mass is 294 g/mol. The predicted octanol–water partition coefficient (Wildman–Crippen LogP) is 2.24. The molecule has 5 heteroatoms. The molecule has 0 radical (unpaired) electrons. The van der Waals surface area contributed by atoms with Crippen molar-refractivity contribution in [3.8, 4) is 0 Å². The smallest absolute Gasteiger partial charge is 0.128 e. The van der Waals surface area contributed by atoms with Gasteiger partial charge in [-0.3, -0.25) is 0 Å². The zero-order valence-electron chi connectivity index (χ0n) is 8.09. The highest BCUT2D eigenvalue weighted by atomic mass is 79.9. The maximum absolute atomic E-state index is 13.5. The number of piperazine rings is 1. The van der Waals surface area contributed by atoms with E-state index in [4.69, 9.17) is 0 Å². The Balaban J connectivity index is 0.00000112. The van der Waals surface area contributed by atoms with Gasteiger partial charge >= 0.3 is 0 Å². The summed E-state index contributed by atoms with van der Waals surface area (Å²) in [5.74, 6) is -0.144. The summed E-state index contributed by atoms with van der Waals surface area (Å²) in [6.45, 7) is 2.62. The summed E-state index contributed by atoms with van der Waals surface area (Å²) in [4.78, 5) is 0. The van der Waals surface area contributed by atoms with Gasteiger partial charge in [0.1, 0.15) is 5.82 Å². The zero-order chi connectivity index (χ0) is 9.97.